The summed E-state index contributed by atoms with van der Waals surface area (Å²) in [5, 5.41) is 11.8. The van der Waals surface area contributed by atoms with Crippen molar-refractivity contribution < 1.29 is 22.9 Å². The van der Waals surface area contributed by atoms with Gasteiger partial charge in [-0.2, -0.15) is 0 Å². The van der Waals surface area contributed by atoms with E-state index in [4.69, 9.17) is 0 Å². The third kappa shape index (κ3) is 5.29. The lowest BCUT2D eigenvalue weighted by Crippen LogP contribution is -2.52. The van der Waals surface area contributed by atoms with Gasteiger partial charge in [-0.3, -0.25) is 19.7 Å². The Balaban J connectivity index is 1.41. The zero-order valence-electron chi connectivity index (χ0n) is 18.6. The molecule has 180 valence electrons. The molecule has 3 aliphatic rings. The summed E-state index contributed by atoms with van der Waals surface area (Å²) in [6, 6.07) is 4.69. The molecule has 2 amide bonds. The van der Waals surface area contributed by atoms with Crippen LogP contribution in [0.1, 0.15) is 42.5 Å². The molecule has 3 saturated heterocycles. The highest BCUT2D eigenvalue weighted by Crippen LogP contribution is 2.31. The molecule has 3 aliphatic heterocycles. The second-order valence-corrected chi connectivity index (χ2v) is 11.3. The Hall–Kier alpha value is -2.69. The van der Waals surface area contributed by atoms with Gasteiger partial charge < -0.3 is 14.7 Å². The average Bonchev–Trinajstić information content (AvgIpc) is 3.00. The first-order valence-electron chi connectivity index (χ1n) is 11.6. The van der Waals surface area contributed by atoms with Crippen molar-refractivity contribution in [2.75, 3.05) is 55.7 Å². The predicted octanol–water partition coefficient (Wildman–Crippen LogP) is 1.69. The molecule has 1 aromatic rings. The van der Waals surface area contributed by atoms with Crippen LogP contribution in [0.2, 0.25) is 0 Å². The van der Waals surface area contributed by atoms with Crippen molar-refractivity contribution in [1.82, 2.24) is 9.80 Å². The number of carbonyl (C=O) groups excluding carboxylic acids is 2. The van der Waals surface area contributed by atoms with Crippen molar-refractivity contribution in [2.24, 2.45) is 5.92 Å². The number of piperazine rings is 1. The molecule has 0 saturated carbocycles. The molecule has 33 heavy (non-hydrogen) atoms. The van der Waals surface area contributed by atoms with E-state index in [1.807, 2.05) is 4.90 Å². The number of sulfone groups is 1. The molecule has 0 unspecified atom stereocenters. The van der Waals surface area contributed by atoms with Gasteiger partial charge in [0.2, 0.25) is 5.91 Å². The SMILES string of the molecule is O=C(c1ccc(N2CCCCCC2)c([N+](=O)[O-])c1)N1CCN(C(=O)[C@@H]2CCS(=O)(=O)C2)CC1. The summed E-state index contributed by atoms with van der Waals surface area (Å²) < 4.78 is 23.3. The minimum Gasteiger partial charge on any atom is -0.366 e. The number of nitro groups is 1. The molecule has 0 bridgehead atoms. The van der Waals surface area contributed by atoms with Crippen molar-refractivity contribution in [3.63, 3.8) is 0 Å². The Bertz CT molecular complexity index is 1030. The smallest absolute Gasteiger partial charge is 0.293 e. The fourth-order valence-corrected chi connectivity index (χ4v) is 6.67. The summed E-state index contributed by atoms with van der Waals surface area (Å²) in [5.74, 6) is -1.00. The van der Waals surface area contributed by atoms with Crippen LogP contribution in [-0.2, 0) is 14.6 Å². The van der Waals surface area contributed by atoms with Crippen LogP contribution >= 0.6 is 0 Å². The first kappa shape index (κ1) is 23.5. The lowest BCUT2D eigenvalue weighted by molar-refractivity contribution is -0.384. The lowest BCUT2D eigenvalue weighted by atomic mass is 10.1. The minimum absolute atomic E-state index is 0.0497. The first-order chi connectivity index (χ1) is 15.7. The number of amides is 2. The monoisotopic (exact) mass is 478 g/mol. The number of hydrogen-bond donors (Lipinski definition) is 0. The largest absolute Gasteiger partial charge is 0.366 e. The van der Waals surface area contributed by atoms with E-state index in [-0.39, 0.29) is 34.6 Å². The van der Waals surface area contributed by atoms with Crippen LogP contribution < -0.4 is 4.90 Å². The van der Waals surface area contributed by atoms with Gasteiger partial charge in [-0.15, -0.1) is 0 Å². The highest BCUT2D eigenvalue weighted by atomic mass is 32.2. The highest BCUT2D eigenvalue weighted by Gasteiger charge is 2.37. The highest BCUT2D eigenvalue weighted by molar-refractivity contribution is 7.91. The van der Waals surface area contributed by atoms with E-state index in [2.05, 4.69) is 0 Å². The van der Waals surface area contributed by atoms with E-state index in [1.165, 1.54) is 6.07 Å². The van der Waals surface area contributed by atoms with Crippen molar-refractivity contribution >= 4 is 33.0 Å². The van der Waals surface area contributed by atoms with Crippen molar-refractivity contribution in [2.45, 2.75) is 32.1 Å². The van der Waals surface area contributed by atoms with Crippen LogP contribution in [-0.4, -0.2) is 85.7 Å². The van der Waals surface area contributed by atoms with Gasteiger partial charge in [-0.1, -0.05) is 12.8 Å². The Labute approximate surface area is 193 Å². The van der Waals surface area contributed by atoms with Crippen LogP contribution in [0.4, 0.5) is 11.4 Å². The quantitative estimate of drug-likeness (QED) is 0.477. The fourth-order valence-electron chi connectivity index (χ4n) is 4.94. The molecule has 3 fully saturated rings. The van der Waals surface area contributed by atoms with Crippen molar-refractivity contribution in [3.05, 3.63) is 33.9 Å². The molecule has 0 radical (unpaired) electrons. The van der Waals surface area contributed by atoms with Gasteiger partial charge in [0.05, 0.1) is 22.3 Å². The number of nitro benzene ring substituents is 1. The molecule has 1 atom stereocenters. The van der Waals surface area contributed by atoms with Crippen LogP contribution in [0.25, 0.3) is 0 Å². The van der Waals surface area contributed by atoms with Crippen LogP contribution in [0.15, 0.2) is 18.2 Å². The normalized spacial score (nSPS) is 23.3. The third-order valence-electron chi connectivity index (χ3n) is 6.83. The summed E-state index contributed by atoms with van der Waals surface area (Å²) in [6.45, 7) is 2.82. The molecule has 10 nitrogen and oxygen atoms in total. The number of hydrogen-bond acceptors (Lipinski definition) is 7. The fraction of sp³-hybridized carbons (Fsp3) is 0.636. The summed E-state index contributed by atoms with van der Waals surface area (Å²) >= 11 is 0. The third-order valence-corrected chi connectivity index (χ3v) is 8.59. The van der Waals surface area contributed by atoms with Gasteiger partial charge in [0, 0.05) is 50.9 Å². The summed E-state index contributed by atoms with van der Waals surface area (Å²) in [6.07, 6.45) is 4.58. The molecule has 3 heterocycles. The van der Waals surface area contributed by atoms with Crippen molar-refractivity contribution in [1.29, 1.82) is 0 Å². The number of anilines is 1. The number of carbonyl (C=O) groups is 2. The first-order valence-corrected chi connectivity index (χ1v) is 13.4. The minimum atomic E-state index is -3.13. The molecule has 0 spiro atoms. The van der Waals surface area contributed by atoms with Gasteiger partial charge in [-0.05, 0) is 31.4 Å². The standard InChI is InChI=1S/C22H30N4O6S/c27-21(24-10-12-25(13-11-24)22(28)18-7-14-33(31,32)16-18)17-5-6-19(20(15-17)26(29)30)23-8-3-1-2-4-9-23/h5-6,15,18H,1-4,7-14,16H2/t18-/m1/s1. The van der Waals surface area contributed by atoms with E-state index in [1.54, 1.807) is 21.9 Å². The van der Waals surface area contributed by atoms with E-state index in [9.17, 15) is 28.1 Å². The van der Waals surface area contributed by atoms with E-state index >= 15 is 0 Å². The van der Waals surface area contributed by atoms with Gasteiger partial charge in [-0.25, -0.2) is 8.42 Å². The second-order valence-electron chi connectivity index (χ2n) is 9.08. The number of rotatable bonds is 4. The molecule has 0 aromatic heterocycles. The Morgan fingerprint density at radius 2 is 1.58 bits per heavy atom. The van der Waals surface area contributed by atoms with E-state index < -0.39 is 20.7 Å². The van der Waals surface area contributed by atoms with Gasteiger partial charge in [0.1, 0.15) is 5.69 Å². The van der Waals surface area contributed by atoms with Crippen molar-refractivity contribution in [3.8, 4) is 0 Å². The van der Waals surface area contributed by atoms with Crippen LogP contribution in [0.3, 0.4) is 0 Å². The Kier molecular flexibility index (Phi) is 6.87. The van der Waals surface area contributed by atoms with Crippen LogP contribution in [0.5, 0.6) is 0 Å². The molecular weight excluding hydrogens is 448 g/mol. The van der Waals surface area contributed by atoms with E-state index in [0.717, 1.165) is 38.8 Å². The van der Waals surface area contributed by atoms with Gasteiger partial charge in [0.15, 0.2) is 9.84 Å². The lowest BCUT2D eigenvalue weighted by Gasteiger charge is -2.36. The summed E-state index contributed by atoms with van der Waals surface area (Å²) in [4.78, 5) is 42.3. The zero-order chi connectivity index (χ0) is 23.6. The molecular formula is C22H30N4O6S. The number of nitrogens with zero attached hydrogens (tertiary/aromatic N) is 4. The molecule has 4 rings (SSSR count). The van der Waals surface area contributed by atoms with Gasteiger partial charge >= 0.3 is 0 Å². The topological polar surface area (TPSA) is 121 Å². The predicted molar refractivity (Wildman–Crippen MR) is 123 cm³/mol. The second kappa shape index (κ2) is 9.66. The average molecular weight is 479 g/mol. The van der Waals surface area contributed by atoms with E-state index in [0.29, 0.717) is 38.3 Å². The molecule has 0 N–H and O–H groups in total. The molecule has 0 aliphatic carbocycles. The van der Waals surface area contributed by atoms with Crippen LogP contribution in [0, 0.1) is 16.0 Å². The molecule has 11 heteroatoms. The summed E-state index contributed by atoms with van der Waals surface area (Å²) in [7, 11) is -3.13. The number of benzene rings is 1. The maximum Gasteiger partial charge on any atom is 0.293 e. The maximum absolute atomic E-state index is 13.0. The molecule has 1 aromatic carbocycles. The summed E-state index contributed by atoms with van der Waals surface area (Å²) in [5.41, 5.74) is 0.765. The maximum atomic E-state index is 13.0. The Morgan fingerprint density at radius 1 is 0.939 bits per heavy atom. The zero-order valence-corrected chi connectivity index (χ0v) is 19.5. The van der Waals surface area contributed by atoms with Gasteiger partial charge in [0.25, 0.3) is 11.6 Å². The Morgan fingerprint density at radius 3 is 2.15 bits per heavy atom.